The van der Waals surface area contributed by atoms with E-state index in [-0.39, 0.29) is 0 Å². The van der Waals surface area contributed by atoms with E-state index in [1.165, 1.54) is 0 Å². The highest BCUT2D eigenvalue weighted by Crippen LogP contribution is 2.29. The van der Waals surface area contributed by atoms with Gasteiger partial charge in [0.2, 0.25) is 0 Å². The quantitative estimate of drug-likeness (QED) is 0.560. The van der Waals surface area contributed by atoms with Crippen molar-refractivity contribution < 1.29 is 10.0 Å². The van der Waals surface area contributed by atoms with Gasteiger partial charge in [-0.2, -0.15) is 0 Å². The lowest BCUT2D eigenvalue weighted by Crippen LogP contribution is -2.19. The summed E-state index contributed by atoms with van der Waals surface area (Å²) < 4.78 is 1.12. The number of hydrogen-bond donors (Lipinski definition) is 2. The summed E-state index contributed by atoms with van der Waals surface area (Å²) in [6.45, 7) is 1.97. The minimum atomic E-state index is -0.518. The lowest BCUT2D eigenvalue weighted by atomic mass is 9.99. The maximum Gasteiger partial charge on any atom is 0.275 e. The molecule has 2 N–H and O–H groups in total. The summed E-state index contributed by atoms with van der Waals surface area (Å²) >= 11 is 1.64. The molecule has 0 atom stereocenters. The predicted octanol–water partition coefficient (Wildman–Crippen LogP) is 3.39. The Labute approximate surface area is 119 Å². The van der Waals surface area contributed by atoms with E-state index in [2.05, 4.69) is 4.98 Å². The molecule has 0 bridgehead atoms. The fourth-order valence-electron chi connectivity index (χ4n) is 2.20. The molecule has 0 unspecified atom stereocenters. The second-order valence-corrected chi connectivity index (χ2v) is 5.64. The van der Waals surface area contributed by atoms with Crippen LogP contribution in [0.3, 0.4) is 0 Å². The van der Waals surface area contributed by atoms with Crippen molar-refractivity contribution in [3.8, 4) is 11.1 Å². The van der Waals surface area contributed by atoms with Crippen molar-refractivity contribution in [1.29, 1.82) is 0 Å². The number of carbonyl (C=O) groups is 1. The van der Waals surface area contributed by atoms with Gasteiger partial charge in [0.15, 0.2) is 0 Å². The molecule has 3 rings (SSSR count). The predicted molar refractivity (Wildman–Crippen MR) is 79.0 cm³/mol. The molecule has 1 amide bonds. The number of nitrogens with one attached hydrogen (secondary N) is 1. The van der Waals surface area contributed by atoms with Gasteiger partial charge >= 0.3 is 0 Å². The van der Waals surface area contributed by atoms with Crippen LogP contribution in [-0.2, 0) is 0 Å². The number of hydroxylamine groups is 1. The zero-order chi connectivity index (χ0) is 14.1. The molecule has 3 aromatic rings. The van der Waals surface area contributed by atoms with E-state index in [0.717, 1.165) is 26.4 Å². The van der Waals surface area contributed by atoms with E-state index < -0.39 is 5.91 Å². The average molecular weight is 284 g/mol. The van der Waals surface area contributed by atoms with Crippen molar-refractivity contribution in [2.75, 3.05) is 0 Å². The van der Waals surface area contributed by atoms with Gasteiger partial charge in [0.1, 0.15) is 0 Å². The van der Waals surface area contributed by atoms with Crippen molar-refractivity contribution in [3.63, 3.8) is 0 Å². The van der Waals surface area contributed by atoms with Gasteiger partial charge in [-0.3, -0.25) is 10.0 Å². The first-order valence-corrected chi connectivity index (χ1v) is 6.92. The summed E-state index contributed by atoms with van der Waals surface area (Å²) in [5, 5.41) is 9.84. The molecule has 0 aliphatic carbocycles. The number of fused-ring (bicyclic) bond motifs is 1. The molecule has 0 spiro atoms. The van der Waals surface area contributed by atoms with Crippen LogP contribution in [0, 0.1) is 6.92 Å². The highest BCUT2D eigenvalue weighted by Gasteiger charge is 2.12. The normalized spacial score (nSPS) is 10.7. The number of aryl methyl sites for hydroxylation is 1. The molecular weight excluding hydrogens is 272 g/mol. The van der Waals surface area contributed by atoms with Gasteiger partial charge in [-0.1, -0.05) is 24.3 Å². The fraction of sp³-hybridized carbons (Fsp3) is 0.0667. The maximum atomic E-state index is 11.7. The van der Waals surface area contributed by atoms with Gasteiger partial charge in [-0.25, -0.2) is 10.5 Å². The van der Waals surface area contributed by atoms with E-state index >= 15 is 0 Å². The van der Waals surface area contributed by atoms with Crippen LogP contribution in [0.15, 0.2) is 42.5 Å². The SMILES string of the molecule is Cc1nc2cc(-c3ccccc3C(=O)NO)ccc2s1. The Kier molecular flexibility index (Phi) is 3.22. The molecule has 0 aliphatic heterocycles. The van der Waals surface area contributed by atoms with Crippen molar-refractivity contribution in [2.45, 2.75) is 6.92 Å². The number of aromatic nitrogens is 1. The third-order valence-electron chi connectivity index (χ3n) is 3.08. The Morgan fingerprint density at radius 1 is 1.25 bits per heavy atom. The van der Waals surface area contributed by atoms with Gasteiger partial charge in [0, 0.05) is 5.56 Å². The first kappa shape index (κ1) is 12.8. The van der Waals surface area contributed by atoms with Crippen LogP contribution in [0.5, 0.6) is 0 Å². The number of thiazole rings is 1. The minimum Gasteiger partial charge on any atom is -0.288 e. The number of rotatable bonds is 2. The van der Waals surface area contributed by atoms with Crippen LogP contribution in [0.1, 0.15) is 15.4 Å². The molecule has 2 aromatic carbocycles. The topological polar surface area (TPSA) is 62.2 Å². The second-order valence-electron chi connectivity index (χ2n) is 4.40. The Morgan fingerprint density at radius 3 is 2.85 bits per heavy atom. The third-order valence-corrected chi connectivity index (χ3v) is 4.03. The molecule has 5 heteroatoms. The summed E-state index contributed by atoms with van der Waals surface area (Å²) in [6, 6.07) is 13.1. The molecule has 4 nitrogen and oxygen atoms in total. The molecule has 0 radical (unpaired) electrons. The molecule has 0 saturated heterocycles. The number of nitrogens with zero attached hydrogens (tertiary/aromatic N) is 1. The summed E-state index contributed by atoms with van der Waals surface area (Å²) in [7, 11) is 0. The van der Waals surface area contributed by atoms with Crippen molar-refractivity contribution >= 4 is 27.5 Å². The first-order chi connectivity index (χ1) is 9.69. The van der Waals surface area contributed by atoms with Crippen LogP contribution in [0.25, 0.3) is 21.3 Å². The largest absolute Gasteiger partial charge is 0.288 e. The lowest BCUT2D eigenvalue weighted by Gasteiger charge is -2.07. The van der Waals surface area contributed by atoms with E-state index in [9.17, 15) is 4.79 Å². The number of amides is 1. The Morgan fingerprint density at radius 2 is 2.05 bits per heavy atom. The summed E-state index contributed by atoms with van der Waals surface area (Å²) in [6.07, 6.45) is 0. The van der Waals surface area contributed by atoms with E-state index in [0.29, 0.717) is 5.56 Å². The molecule has 1 aromatic heterocycles. The average Bonchev–Trinajstić information content (AvgIpc) is 2.85. The Hall–Kier alpha value is -2.24. The molecule has 0 saturated carbocycles. The van der Waals surface area contributed by atoms with Crippen molar-refractivity contribution in [2.24, 2.45) is 0 Å². The molecule has 100 valence electrons. The lowest BCUT2D eigenvalue weighted by molar-refractivity contribution is 0.0707. The maximum absolute atomic E-state index is 11.7. The summed E-state index contributed by atoms with van der Waals surface area (Å²) in [5.41, 5.74) is 4.71. The zero-order valence-corrected chi connectivity index (χ0v) is 11.6. The minimum absolute atomic E-state index is 0.432. The Balaban J connectivity index is 2.17. The number of benzene rings is 2. The molecule has 0 aliphatic rings. The van der Waals surface area contributed by atoms with Gasteiger partial charge in [-0.05, 0) is 36.2 Å². The van der Waals surface area contributed by atoms with Crippen LogP contribution < -0.4 is 5.48 Å². The molecule has 1 heterocycles. The van der Waals surface area contributed by atoms with Crippen LogP contribution in [0.2, 0.25) is 0 Å². The third kappa shape index (κ3) is 2.17. The second kappa shape index (κ2) is 5.03. The smallest absolute Gasteiger partial charge is 0.275 e. The standard InChI is InChI=1S/C15H12N2O2S/c1-9-16-13-8-10(6-7-14(13)20-9)11-4-2-3-5-12(11)15(18)17-19/h2-8,19H,1H3,(H,17,18). The highest BCUT2D eigenvalue weighted by atomic mass is 32.1. The molecule has 0 fully saturated rings. The zero-order valence-electron chi connectivity index (χ0n) is 10.8. The van der Waals surface area contributed by atoms with Gasteiger partial charge in [0.05, 0.1) is 15.2 Å². The van der Waals surface area contributed by atoms with Crippen LogP contribution >= 0.6 is 11.3 Å². The van der Waals surface area contributed by atoms with Crippen LogP contribution in [0.4, 0.5) is 0 Å². The van der Waals surface area contributed by atoms with E-state index in [4.69, 9.17) is 5.21 Å². The fourth-order valence-corrected chi connectivity index (χ4v) is 3.01. The van der Waals surface area contributed by atoms with Crippen molar-refractivity contribution in [3.05, 3.63) is 53.0 Å². The van der Waals surface area contributed by atoms with Gasteiger partial charge in [-0.15, -0.1) is 11.3 Å². The monoisotopic (exact) mass is 284 g/mol. The van der Waals surface area contributed by atoms with Gasteiger partial charge in [0.25, 0.3) is 5.91 Å². The van der Waals surface area contributed by atoms with Crippen molar-refractivity contribution in [1.82, 2.24) is 10.5 Å². The summed E-state index contributed by atoms with van der Waals surface area (Å²) in [5.74, 6) is -0.518. The van der Waals surface area contributed by atoms with Gasteiger partial charge < -0.3 is 0 Å². The number of carbonyl (C=O) groups excluding carboxylic acids is 1. The first-order valence-electron chi connectivity index (χ1n) is 6.10. The van der Waals surface area contributed by atoms with E-state index in [1.807, 2.05) is 37.3 Å². The molecular formula is C15H12N2O2S. The van der Waals surface area contributed by atoms with E-state index in [1.54, 1.807) is 28.9 Å². The summed E-state index contributed by atoms with van der Waals surface area (Å²) in [4.78, 5) is 16.2. The Bertz CT molecular complexity index is 795. The highest BCUT2D eigenvalue weighted by molar-refractivity contribution is 7.18. The number of hydrogen-bond acceptors (Lipinski definition) is 4. The van der Waals surface area contributed by atoms with Crippen LogP contribution in [-0.4, -0.2) is 16.1 Å². The molecule has 20 heavy (non-hydrogen) atoms.